The van der Waals surface area contributed by atoms with Crippen LogP contribution in [0.3, 0.4) is 0 Å². The van der Waals surface area contributed by atoms with E-state index in [2.05, 4.69) is 6.92 Å². The van der Waals surface area contributed by atoms with Gasteiger partial charge >= 0.3 is 5.97 Å². The van der Waals surface area contributed by atoms with E-state index in [0.29, 0.717) is 0 Å². The predicted molar refractivity (Wildman–Crippen MR) is 61.5 cm³/mol. The molecule has 3 heteroatoms. The molecule has 0 spiro atoms. The number of carbonyl (C=O) groups is 1. The zero-order valence-electron chi connectivity index (χ0n) is 9.21. The van der Waals surface area contributed by atoms with Crippen molar-refractivity contribution in [2.45, 2.75) is 32.6 Å². The van der Waals surface area contributed by atoms with Crippen LogP contribution in [0.25, 0.3) is 0 Å². The average Bonchev–Trinajstić information content (AvgIpc) is 2.70. The second-order valence-electron chi connectivity index (χ2n) is 4.07. The maximum Gasteiger partial charge on any atom is 0.348 e. The van der Waals surface area contributed by atoms with Gasteiger partial charge in [0.1, 0.15) is 4.88 Å². The lowest BCUT2D eigenvalue weighted by atomic mass is 9.87. The molecule has 0 saturated carbocycles. The van der Waals surface area contributed by atoms with Gasteiger partial charge in [-0.25, -0.2) is 4.79 Å². The molecule has 82 valence electrons. The third-order valence-corrected chi connectivity index (χ3v) is 4.37. The van der Waals surface area contributed by atoms with Crippen LogP contribution in [0.4, 0.5) is 0 Å². The Morgan fingerprint density at radius 3 is 3.13 bits per heavy atom. The average molecular weight is 224 g/mol. The van der Waals surface area contributed by atoms with Crippen LogP contribution in [-0.2, 0) is 17.6 Å². The number of ether oxygens (including phenoxy) is 1. The summed E-state index contributed by atoms with van der Waals surface area (Å²) in [6, 6.07) is 2.02. The fourth-order valence-electron chi connectivity index (χ4n) is 2.15. The van der Waals surface area contributed by atoms with Gasteiger partial charge in [0.25, 0.3) is 0 Å². The van der Waals surface area contributed by atoms with Crippen LogP contribution in [0, 0.1) is 5.92 Å². The molecule has 1 aliphatic rings. The minimum absolute atomic E-state index is 0.192. The largest absolute Gasteiger partial charge is 0.465 e. The summed E-state index contributed by atoms with van der Waals surface area (Å²) in [5.41, 5.74) is 1.37. The van der Waals surface area contributed by atoms with E-state index < -0.39 is 0 Å². The molecule has 1 aliphatic carbocycles. The van der Waals surface area contributed by atoms with E-state index in [1.165, 1.54) is 30.4 Å². The van der Waals surface area contributed by atoms with Crippen LogP contribution >= 0.6 is 11.3 Å². The third kappa shape index (κ3) is 2.07. The lowest BCUT2D eigenvalue weighted by Gasteiger charge is -2.19. The van der Waals surface area contributed by atoms with Gasteiger partial charge in [0.15, 0.2) is 0 Å². The molecule has 1 aromatic rings. The highest BCUT2D eigenvalue weighted by Crippen LogP contribution is 2.33. The van der Waals surface area contributed by atoms with Crippen molar-refractivity contribution in [1.29, 1.82) is 0 Å². The van der Waals surface area contributed by atoms with E-state index >= 15 is 0 Å². The predicted octanol–water partition coefficient (Wildman–Crippen LogP) is 3.05. The van der Waals surface area contributed by atoms with Crippen molar-refractivity contribution in [2.75, 3.05) is 7.11 Å². The van der Waals surface area contributed by atoms with Gasteiger partial charge in [0.2, 0.25) is 0 Å². The number of aryl methyl sites for hydroxylation is 1. The SMILES string of the molecule is CC[C@@H]1CCc2sc(C(=O)OC)cc2C1. The Hall–Kier alpha value is -0.830. The van der Waals surface area contributed by atoms with Crippen molar-refractivity contribution in [3.05, 3.63) is 21.4 Å². The summed E-state index contributed by atoms with van der Waals surface area (Å²) in [4.78, 5) is 13.5. The number of hydrogen-bond donors (Lipinski definition) is 0. The van der Waals surface area contributed by atoms with Crippen molar-refractivity contribution in [3.63, 3.8) is 0 Å². The molecule has 1 aromatic heterocycles. The van der Waals surface area contributed by atoms with Gasteiger partial charge in [-0.3, -0.25) is 0 Å². The molecule has 0 amide bonds. The number of carbonyl (C=O) groups excluding carboxylic acids is 1. The molecular weight excluding hydrogens is 208 g/mol. The van der Waals surface area contributed by atoms with Gasteiger partial charge in [-0.05, 0) is 36.8 Å². The highest BCUT2D eigenvalue weighted by Gasteiger charge is 2.22. The Morgan fingerprint density at radius 1 is 1.67 bits per heavy atom. The topological polar surface area (TPSA) is 26.3 Å². The third-order valence-electron chi connectivity index (χ3n) is 3.15. The summed E-state index contributed by atoms with van der Waals surface area (Å²) in [7, 11) is 1.44. The van der Waals surface area contributed by atoms with Gasteiger partial charge in [-0.1, -0.05) is 13.3 Å². The summed E-state index contributed by atoms with van der Waals surface area (Å²) < 4.78 is 4.74. The van der Waals surface area contributed by atoms with Crippen molar-refractivity contribution in [3.8, 4) is 0 Å². The van der Waals surface area contributed by atoms with Gasteiger partial charge in [-0.2, -0.15) is 0 Å². The van der Waals surface area contributed by atoms with Crippen molar-refractivity contribution in [2.24, 2.45) is 5.92 Å². The molecule has 15 heavy (non-hydrogen) atoms. The van der Waals surface area contributed by atoms with Crippen LogP contribution in [0.5, 0.6) is 0 Å². The number of rotatable bonds is 2. The Bertz CT molecular complexity index is 368. The number of methoxy groups -OCH3 is 1. The molecule has 2 rings (SSSR count). The Morgan fingerprint density at radius 2 is 2.47 bits per heavy atom. The molecule has 0 bridgehead atoms. The highest BCUT2D eigenvalue weighted by molar-refractivity contribution is 7.14. The van der Waals surface area contributed by atoms with Crippen LogP contribution < -0.4 is 0 Å². The van der Waals surface area contributed by atoms with E-state index in [9.17, 15) is 4.79 Å². The van der Waals surface area contributed by atoms with E-state index in [-0.39, 0.29) is 5.97 Å². The zero-order chi connectivity index (χ0) is 10.8. The van der Waals surface area contributed by atoms with Gasteiger partial charge in [0.05, 0.1) is 7.11 Å². The van der Waals surface area contributed by atoms with Crippen molar-refractivity contribution < 1.29 is 9.53 Å². The van der Waals surface area contributed by atoms with E-state index in [0.717, 1.165) is 23.6 Å². The van der Waals surface area contributed by atoms with Gasteiger partial charge in [0, 0.05) is 4.88 Å². The molecule has 2 nitrogen and oxygen atoms in total. The van der Waals surface area contributed by atoms with Crippen molar-refractivity contribution in [1.82, 2.24) is 0 Å². The van der Waals surface area contributed by atoms with E-state index in [4.69, 9.17) is 4.74 Å². The van der Waals surface area contributed by atoms with Crippen molar-refractivity contribution >= 4 is 17.3 Å². The van der Waals surface area contributed by atoms with Crippen LogP contribution in [0.1, 0.15) is 39.9 Å². The molecule has 0 aromatic carbocycles. The first-order chi connectivity index (χ1) is 7.24. The Balaban J connectivity index is 2.21. The van der Waals surface area contributed by atoms with Crippen LogP contribution in [0.2, 0.25) is 0 Å². The number of fused-ring (bicyclic) bond motifs is 1. The molecule has 0 radical (unpaired) electrons. The summed E-state index contributed by atoms with van der Waals surface area (Å²) in [6.07, 6.45) is 4.78. The molecule has 1 heterocycles. The summed E-state index contributed by atoms with van der Waals surface area (Å²) in [5, 5.41) is 0. The molecular formula is C12H16O2S. The number of hydrogen-bond acceptors (Lipinski definition) is 3. The Kier molecular flexibility index (Phi) is 3.10. The van der Waals surface area contributed by atoms with E-state index in [1.807, 2.05) is 6.07 Å². The fraction of sp³-hybridized carbons (Fsp3) is 0.583. The van der Waals surface area contributed by atoms with Crippen LogP contribution in [-0.4, -0.2) is 13.1 Å². The maximum atomic E-state index is 11.4. The first kappa shape index (κ1) is 10.7. The lowest BCUT2D eigenvalue weighted by Crippen LogP contribution is -2.10. The number of thiophene rings is 1. The fourth-order valence-corrected chi connectivity index (χ4v) is 3.28. The summed E-state index contributed by atoms with van der Waals surface area (Å²) in [5.74, 6) is 0.611. The quantitative estimate of drug-likeness (QED) is 0.722. The van der Waals surface area contributed by atoms with Crippen LogP contribution in [0.15, 0.2) is 6.07 Å². The molecule has 0 unspecified atom stereocenters. The zero-order valence-corrected chi connectivity index (χ0v) is 10.0. The second-order valence-corrected chi connectivity index (χ2v) is 5.20. The standard InChI is InChI=1S/C12H16O2S/c1-3-8-4-5-10-9(6-8)7-11(15-10)12(13)14-2/h7-8H,3-6H2,1-2H3/t8-/m1/s1. The molecule has 0 fully saturated rings. The lowest BCUT2D eigenvalue weighted by molar-refractivity contribution is 0.0606. The summed E-state index contributed by atoms with van der Waals surface area (Å²) in [6.45, 7) is 2.24. The molecule has 0 N–H and O–H groups in total. The maximum absolute atomic E-state index is 11.4. The Labute approximate surface area is 94.3 Å². The highest BCUT2D eigenvalue weighted by atomic mass is 32.1. The first-order valence-corrected chi connectivity index (χ1v) is 6.26. The molecule has 0 saturated heterocycles. The first-order valence-electron chi connectivity index (χ1n) is 5.44. The van der Waals surface area contributed by atoms with Gasteiger partial charge in [-0.15, -0.1) is 11.3 Å². The van der Waals surface area contributed by atoms with Gasteiger partial charge < -0.3 is 4.74 Å². The normalized spacial score (nSPS) is 19.7. The second kappa shape index (κ2) is 4.35. The molecule has 0 aliphatic heterocycles. The smallest absolute Gasteiger partial charge is 0.348 e. The van der Waals surface area contributed by atoms with E-state index in [1.54, 1.807) is 11.3 Å². The summed E-state index contributed by atoms with van der Waals surface area (Å²) >= 11 is 1.61. The monoisotopic (exact) mass is 224 g/mol. The minimum Gasteiger partial charge on any atom is -0.465 e. The minimum atomic E-state index is -0.192. The molecule has 1 atom stereocenters. The number of esters is 1.